The number of benzene rings is 1. The zero-order chi connectivity index (χ0) is 13.7. The number of carbonyl (C=O) groups excluding carboxylic acids is 1. The van der Waals surface area contributed by atoms with Gasteiger partial charge in [-0.05, 0) is 30.7 Å². The molecule has 0 radical (unpaired) electrons. The van der Waals surface area contributed by atoms with Crippen LogP contribution in [0.15, 0.2) is 22.7 Å². The van der Waals surface area contributed by atoms with E-state index in [1.165, 1.54) is 13.2 Å². The van der Waals surface area contributed by atoms with Crippen molar-refractivity contribution < 1.29 is 19.7 Å². The van der Waals surface area contributed by atoms with Crippen LogP contribution in [-0.2, 0) is 4.74 Å². The molecular formula is C12H16BrNO4. The number of halogens is 1. The number of esters is 1. The first-order valence-electron chi connectivity index (χ1n) is 5.45. The van der Waals surface area contributed by atoms with Crippen LogP contribution in [0.2, 0.25) is 0 Å². The van der Waals surface area contributed by atoms with Crippen LogP contribution in [0.4, 0.5) is 0 Å². The first kappa shape index (κ1) is 15.1. The first-order valence-corrected chi connectivity index (χ1v) is 6.24. The number of ether oxygens (including phenoxy) is 1. The summed E-state index contributed by atoms with van der Waals surface area (Å²) >= 11 is 3.25. The lowest BCUT2D eigenvalue weighted by Gasteiger charge is -2.19. The van der Waals surface area contributed by atoms with E-state index in [0.29, 0.717) is 22.0 Å². The van der Waals surface area contributed by atoms with Crippen LogP contribution in [-0.4, -0.2) is 35.9 Å². The highest BCUT2D eigenvalue weighted by molar-refractivity contribution is 9.10. The average molecular weight is 318 g/mol. The van der Waals surface area contributed by atoms with Crippen molar-refractivity contribution in [2.45, 2.75) is 18.6 Å². The van der Waals surface area contributed by atoms with E-state index in [9.17, 15) is 15.0 Å². The van der Waals surface area contributed by atoms with Gasteiger partial charge >= 0.3 is 5.97 Å². The summed E-state index contributed by atoms with van der Waals surface area (Å²) < 4.78 is 5.13. The Bertz CT molecular complexity index is 425. The summed E-state index contributed by atoms with van der Waals surface area (Å²) in [5, 5.41) is 19.6. The third kappa shape index (κ3) is 3.52. The zero-order valence-corrected chi connectivity index (χ0v) is 11.6. The molecule has 1 rings (SSSR count). The Morgan fingerprint density at radius 2 is 2.17 bits per heavy atom. The molecule has 0 aliphatic heterocycles. The molecule has 2 atom stereocenters. The van der Waals surface area contributed by atoms with Gasteiger partial charge in [0.2, 0.25) is 0 Å². The van der Waals surface area contributed by atoms with Gasteiger partial charge in [-0.15, -0.1) is 0 Å². The maximum Gasteiger partial charge on any atom is 0.337 e. The van der Waals surface area contributed by atoms with E-state index in [1.807, 2.05) is 0 Å². The smallest absolute Gasteiger partial charge is 0.337 e. The number of carbonyl (C=O) groups is 1. The molecule has 100 valence electrons. The molecule has 0 saturated heterocycles. The molecule has 5 nitrogen and oxygen atoms in total. The molecule has 0 heterocycles. The third-order valence-corrected chi connectivity index (χ3v) is 3.25. The van der Waals surface area contributed by atoms with Crippen LogP contribution < -0.4 is 5.73 Å². The van der Waals surface area contributed by atoms with Gasteiger partial charge in [0.15, 0.2) is 0 Å². The van der Waals surface area contributed by atoms with Gasteiger partial charge in [-0.3, -0.25) is 0 Å². The Labute approximate surface area is 114 Å². The SMILES string of the molecule is COC(=O)c1ccc(C(O)C(O)CCN)c(Br)c1. The highest BCUT2D eigenvalue weighted by Gasteiger charge is 2.20. The van der Waals surface area contributed by atoms with Crippen LogP contribution in [0, 0.1) is 0 Å². The fourth-order valence-electron chi connectivity index (χ4n) is 1.55. The van der Waals surface area contributed by atoms with Crippen molar-refractivity contribution in [2.75, 3.05) is 13.7 Å². The summed E-state index contributed by atoms with van der Waals surface area (Å²) in [6.07, 6.45) is -1.68. The van der Waals surface area contributed by atoms with Crippen LogP contribution in [0.1, 0.15) is 28.4 Å². The molecule has 0 amide bonds. The van der Waals surface area contributed by atoms with Gasteiger partial charge in [-0.25, -0.2) is 4.79 Å². The molecule has 6 heteroatoms. The van der Waals surface area contributed by atoms with Crippen LogP contribution in [0.25, 0.3) is 0 Å². The Morgan fingerprint density at radius 3 is 2.67 bits per heavy atom. The fraction of sp³-hybridized carbons (Fsp3) is 0.417. The molecule has 0 spiro atoms. The van der Waals surface area contributed by atoms with E-state index in [-0.39, 0.29) is 6.54 Å². The minimum atomic E-state index is -1.05. The lowest BCUT2D eigenvalue weighted by atomic mass is 10.0. The Balaban J connectivity index is 2.94. The number of methoxy groups -OCH3 is 1. The van der Waals surface area contributed by atoms with Crippen LogP contribution in [0.5, 0.6) is 0 Å². The summed E-state index contributed by atoms with van der Waals surface area (Å²) in [5.41, 5.74) is 6.19. The van der Waals surface area contributed by atoms with Gasteiger partial charge in [0.25, 0.3) is 0 Å². The second-order valence-corrected chi connectivity index (χ2v) is 4.67. The molecule has 18 heavy (non-hydrogen) atoms. The lowest BCUT2D eigenvalue weighted by molar-refractivity contribution is 0.0146. The Morgan fingerprint density at radius 1 is 1.50 bits per heavy atom. The molecule has 1 aromatic carbocycles. The van der Waals surface area contributed by atoms with Crippen molar-refractivity contribution in [1.82, 2.24) is 0 Å². The van der Waals surface area contributed by atoms with Crippen LogP contribution >= 0.6 is 15.9 Å². The van der Waals surface area contributed by atoms with E-state index in [2.05, 4.69) is 20.7 Å². The van der Waals surface area contributed by atoms with Crippen molar-refractivity contribution in [3.05, 3.63) is 33.8 Å². The topological polar surface area (TPSA) is 92.8 Å². The molecule has 0 fully saturated rings. The maximum atomic E-state index is 11.3. The van der Waals surface area contributed by atoms with Crippen molar-refractivity contribution in [3.8, 4) is 0 Å². The van der Waals surface area contributed by atoms with Crippen LogP contribution in [0.3, 0.4) is 0 Å². The highest BCUT2D eigenvalue weighted by atomic mass is 79.9. The summed E-state index contributed by atoms with van der Waals surface area (Å²) in [6, 6.07) is 4.64. The largest absolute Gasteiger partial charge is 0.465 e. The molecule has 2 unspecified atom stereocenters. The second-order valence-electron chi connectivity index (χ2n) is 3.82. The second kappa shape index (κ2) is 6.84. The summed E-state index contributed by atoms with van der Waals surface area (Å²) in [4.78, 5) is 11.3. The van der Waals surface area contributed by atoms with E-state index < -0.39 is 18.2 Å². The fourth-order valence-corrected chi connectivity index (χ4v) is 2.16. The van der Waals surface area contributed by atoms with Gasteiger partial charge in [0.05, 0.1) is 18.8 Å². The van der Waals surface area contributed by atoms with Crippen molar-refractivity contribution in [1.29, 1.82) is 0 Å². The quantitative estimate of drug-likeness (QED) is 0.704. The molecule has 0 aliphatic carbocycles. The first-order chi connectivity index (χ1) is 8.51. The zero-order valence-electron chi connectivity index (χ0n) is 9.97. The number of aliphatic hydroxyl groups is 2. The number of hydrogen-bond acceptors (Lipinski definition) is 5. The van der Waals surface area contributed by atoms with Gasteiger partial charge in [-0.2, -0.15) is 0 Å². The molecule has 4 N–H and O–H groups in total. The third-order valence-electron chi connectivity index (χ3n) is 2.57. The van der Waals surface area contributed by atoms with E-state index >= 15 is 0 Å². The Kier molecular flexibility index (Phi) is 5.74. The number of hydrogen-bond donors (Lipinski definition) is 3. The van der Waals surface area contributed by atoms with E-state index in [1.54, 1.807) is 12.1 Å². The van der Waals surface area contributed by atoms with Gasteiger partial charge < -0.3 is 20.7 Å². The van der Waals surface area contributed by atoms with E-state index in [0.717, 1.165) is 0 Å². The monoisotopic (exact) mass is 317 g/mol. The van der Waals surface area contributed by atoms with Gasteiger partial charge in [-0.1, -0.05) is 22.0 Å². The lowest BCUT2D eigenvalue weighted by Crippen LogP contribution is -2.22. The molecular weight excluding hydrogens is 302 g/mol. The molecule has 0 saturated carbocycles. The van der Waals surface area contributed by atoms with Gasteiger partial charge in [0, 0.05) is 4.47 Å². The molecule has 0 aliphatic rings. The number of aliphatic hydroxyl groups excluding tert-OH is 2. The molecule has 0 aromatic heterocycles. The number of rotatable bonds is 5. The van der Waals surface area contributed by atoms with Crippen molar-refractivity contribution >= 4 is 21.9 Å². The maximum absolute atomic E-state index is 11.3. The van der Waals surface area contributed by atoms with E-state index in [4.69, 9.17) is 5.73 Å². The molecule has 1 aromatic rings. The predicted octanol–water partition coefficient (Wildman–Crippen LogP) is 0.979. The predicted molar refractivity (Wildman–Crippen MR) is 70.1 cm³/mol. The highest BCUT2D eigenvalue weighted by Crippen LogP contribution is 2.28. The van der Waals surface area contributed by atoms with Crippen molar-refractivity contribution in [3.63, 3.8) is 0 Å². The number of nitrogens with two attached hydrogens (primary N) is 1. The Hall–Kier alpha value is -0.950. The minimum Gasteiger partial charge on any atom is -0.465 e. The van der Waals surface area contributed by atoms with Gasteiger partial charge in [0.1, 0.15) is 6.10 Å². The summed E-state index contributed by atoms with van der Waals surface area (Å²) in [7, 11) is 1.30. The standard InChI is InChI=1S/C12H16BrNO4/c1-18-12(17)7-2-3-8(9(13)6-7)11(16)10(15)4-5-14/h2-3,6,10-11,15-16H,4-5,14H2,1H3. The summed E-state index contributed by atoms with van der Waals surface area (Å²) in [6.45, 7) is 0.288. The minimum absolute atomic E-state index is 0.288. The van der Waals surface area contributed by atoms with Crippen molar-refractivity contribution in [2.24, 2.45) is 5.73 Å². The normalized spacial score (nSPS) is 14.1. The average Bonchev–Trinajstić information content (AvgIpc) is 2.37. The summed E-state index contributed by atoms with van der Waals surface area (Å²) in [5.74, 6) is -0.459. The molecule has 0 bridgehead atoms.